The fourth-order valence-corrected chi connectivity index (χ4v) is 3.40. The van der Waals surface area contributed by atoms with Crippen LogP contribution in [0, 0.1) is 20.8 Å². The van der Waals surface area contributed by atoms with Gasteiger partial charge in [0, 0.05) is 31.7 Å². The number of piperazine rings is 1. The van der Waals surface area contributed by atoms with E-state index in [0.29, 0.717) is 12.1 Å². The zero-order valence-corrected chi connectivity index (χ0v) is 14.5. The highest BCUT2D eigenvalue weighted by atomic mass is 15.3. The zero-order valence-electron chi connectivity index (χ0n) is 14.5. The highest BCUT2D eigenvalue weighted by Gasteiger charge is 2.31. The van der Waals surface area contributed by atoms with E-state index < -0.39 is 0 Å². The Morgan fingerprint density at radius 2 is 1.76 bits per heavy atom. The largest absolute Gasteiger partial charge is 0.309 e. The Bertz CT molecular complexity index is 484. The standard InChI is InChI=1S/C18H31N3/c1-7-19-18(17-12-20(5)8-9-21(17)6)16-11-14(3)13(2)10-15(16)4/h10-11,17-19H,7-9,12H2,1-6H3. The normalized spacial score (nSPS) is 22.5. The molecule has 1 aromatic carbocycles. The van der Waals surface area contributed by atoms with Crippen molar-refractivity contribution >= 4 is 0 Å². The quantitative estimate of drug-likeness (QED) is 0.919. The molecule has 1 aliphatic rings. The van der Waals surface area contributed by atoms with Crippen molar-refractivity contribution in [2.75, 3.05) is 40.3 Å². The van der Waals surface area contributed by atoms with Crippen LogP contribution >= 0.6 is 0 Å². The Labute approximate surface area is 130 Å². The molecular weight excluding hydrogens is 258 g/mol. The van der Waals surface area contributed by atoms with Gasteiger partial charge in [0.15, 0.2) is 0 Å². The summed E-state index contributed by atoms with van der Waals surface area (Å²) in [6.45, 7) is 13.3. The van der Waals surface area contributed by atoms with Crippen molar-refractivity contribution in [1.82, 2.24) is 15.1 Å². The molecule has 118 valence electrons. The second kappa shape index (κ2) is 6.91. The van der Waals surface area contributed by atoms with E-state index in [0.717, 1.165) is 26.2 Å². The Kier molecular flexibility index (Phi) is 5.42. The maximum absolute atomic E-state index is 3.74. The summed E-state index contributed by atoms with van der Waals surface area (Å²) in [5.74, 6) is 0. The lowest BCUT2D eigenvalue weighted by molar-refractivity contribution is 0.0879. The molecule has 0 spiro atoms. The summed E-state index contributed by atoms with van der Waals surface area (Å²) in [6, 6.07) is 5.66. The van der Waals surface area contributed by atoms with E-state index in [4.69, 9.17) is 0 Å². The van der Waals surface area contributed by atoms with Crippen molar-refractivity contribution in [3.05, 3.63) is 34.4 Å². The van der Waals surface area contributed by atoms with Crippen LogP contribution in [0.1, 0.15) is 35.2 Å². The Balaban J connectivity index is 2.36. The lowest BCUT2D eigenvalue weighted by atomic mass is 9.90. The van der Waals surface area contributed by atoms with Gasteiger partial charge in [-0.2, -0.15) is 0 Å². The van der Waals surface area contributed by atoms with Crippen molar-refractivity contribution in [3.8, 4) is 0 Å². The van der Waals surface area contributed by atoms with Crippen LogP contribution in [0.4, 0.5) is 0 Å². The van der Waals surface area contributed by atoms with E-state index in [-0.39, 0.29) is 0 Å². The molecule has 1 aliphatic heterocycles. The van der Waals surface area contributed by atoms with Crippen LogP contribution in [0.25, 0.3) is 0 Å². The molecule has 1 saturated heterocycles. The molecule has 2 unspecified atom stereocenters. The van der Waals surface area contributed by atoms with Gasteiger partial charge in [0.05, 0.1) is 0 Å². The summed E-state index contributed by atoms with van der Waals surface area (Å²) in [4.78, 5) is 4.97. The fourth-order valence-electron chi connectivity index (χ4n) is 3.40. The molecule has 0 aromatic heterocycles. The summed E-state index contributed by atoms with van der Waals surface area (Å²) in [7, 11) is 4.49. The van der Waals surface area contributed by atoms with Crippen molar-refractivity contribution in [1.29, 1.82) is 0 Å². The summed E-state index contributed by atoms with van der Waals surface area (Å²) in [6.07, 6.45) is 0. The molecule has 2 atom stereocenters. The molecule has 3 nitrogen and oxygen atoms in total. The minimum Gasteiger partial charge on any atom is -0.309 e. The third kappa shape index (κ3) is 3.65. The topological polar surface area (TPSA) is 18.5 Å². The molecule has 0 saturated carbocycles. The molecule has 1 aromatic rings. The number of likely N-dealkylation sites (N-methyl/N-ethyl adjacent to an activating group) is 3. The van der Waals surface area contributed by atoms with Crippen LogP contribution in [-0.2, 0) is 0 Å². The van der Waals surface area contributed by atoms with Gasteiger partial charge in [0.1, 0.15) is 0 Å². The van der Waals surface area contributed by atoms with Gasteiger partial charge < -0.3 is 10.2 Å². The Hall–Kier alpha value is -0.900. The molecule has 1 fully saturated rings. The van der Waals surface area contributed by atoms with Crippen LogP contribution in [0.15, 0.2) is 12.1 Å². The molecule has 0 bridgehead atoms. The molecule has 0 amide bonds. The highest BCUT2D eigenvalue weighted by Crippen LogP contribution is 2.28. The first-order chi connectivity index (χ1) is 9.93. The van der Waals surface area contributed by atoms with Gasteiger partial charge >= 0.3 is 0 Å². The molecule has 2 rings (SSSR count). The van der Waals surface area contributed by atoms with Crippen LogP contribution in [0.3, 0.4) is 0 Å². The lowest BCUT2D eigenvalue weighted by Crippen LogP contribution is -2.55. The van der Waals surface area contributed by atoms with Gasteiger partial charge in [-0.25, -0.2) is 0 Å². The van der Waals surface area contributed by atoms with Gasteiger partial charge in [-0.3, -0.25) is 4.90 Å². The van der Waals surface area contributed by atoms with Crippen molar-refractivity contribution in [2.24, 2.45) is 0 Å². The number of nitrogens with zero attached hydrogens (tertiary/aromatic N) is 2. The van der Waals surface area contributed by atoms with Crippen LogP contribution in [0.2, 0.25) is 0 Å². The van der Waals surface area contributed by atoms with E-state index in [1.165, 1.54) is 22.3 Å². The third-order valence-corrected chi connectivity index (χ3v) is 4.93. The first kappa shape index (κ1) is 16.5. The van der Waals surface area contributed by atoms with Gasteiger partial charge in [0.25, 0.3) is 0 Å². The Morgan fingerprint density at radius 3 is 2.43 bits per heavy atom. The molecule has 0 radical (unpaired) electrons. The predicted octanol–water partition coefficient (Wildman–Crippen LogP) is 2.51. The summed E-state index contributed by atoms with van der Waals surface area (Å²) in [5, 5.41) is 3.74. The fraction of sp³-hybridized carbons (Fsp3) is 0.667. The summed E-state index contributed by atoms with van der Waals surface area (Å²) >= 11 is 0. The predicted molar refractivity (Wildman–Crippen MR) is 91.0 cm³/mol. The SMILES string of the molecule is CCNC(c1cc(C)c(C)cc1C)C1CN(C)CCN1C. The maximum atomic E-state index is 3.74. The first-order valence-corrected chi connectivity index (χ1v) is 8.14. The van der Waals surface area contributed by atoms with E-state index in [9.17, 15) is 0 Å². The van der Waals surface area contributed by atoms with Gasteiger partial charge in [-0.15, -0.1) is 0 Å². The average molecular weight is 289 g/mol. The average Bonchev–Trinajstić information content (AvgIpc) is 2.43. The van der Waals surface area contributed by atoms with Crippen LogP contribution < -0.4 is 5.32 Å². The minimum atomic E-state index is 0.405. The highest BCUT2D eigenvalue weighted by molar-refractivity contribution is 5.39. The number of hydrogen-bond acceptors (Lipinski definition) is 3. The number of nitrogens with one attached hydrogen (secondary N) is 1. The third-order valence-electron chi connectivity index (χ3n) is 4.93. The Morgan fingerprint density at radius 1 is 1.10 bits per heavy atom. The maximum Gasteiger partial charge on any atom is 0.0493 e. The van der Waals surface area contributed by atoms with Gasteiger partial charge in [-0.05, 0) is 63.7 Å². The molecule has 3 heteroatoms. The molecule has 21 heavy (non-hydrogen) atoms. The first-order valence-electron chi connectivity index (χ1n) is 8.14. The molecule has 0 aliphatic carbocycles. The van der Waals surface area contributed by atoms with E-state index >= 15 is 0 Å². The van der Waals surface area contributed by atoms with Crippen LogP contribution in [0.5, 0.6) is 0 Å². The number of aryl methyl sites for hydroxylation is 3. The molecule has 1 N–H and O–H groups in total. The number of hydrogen-bond donors (Lipinski definition) is 1. The summed E-state index contributed by atoms with van der Waals surface area (Å²) < 4.78 is 0. The van der Waals surface area contributed by atoms with Crippen molar-refractivity contribution < 1.29 is 0 Å². The van der Waals surface area contributed by atoms with E-state index in [1.54, 1.807) is 0 Å². The van der Waals surface area contributed by atoms with Gasteiger partial charge in [0.2, 0.25) is 0 Å². The monoisotopic (exact) mass is 289 g/mol. The van der Waals surface area contributed by atoms with Gasteiger partial charge in [-0.1, -0.05) is 19.1 Å². The van der Waals surface area contributed by atoms with E-state index in [2.05, 4.69) is 69.0 Å². The smallest absolute Gasteiger partial charge is 0.0493 e. The van der Waals surface area contributed by atoms with E-state index in [1.807, 2.05) is 0 Å². The second-order valence-electron chi connectivity index (χ2n) is 6.64. The molecular formula is C18H31N3. The minimum absolute atomic E-state index is 0.405. The summed E-state index contributed by atoms with van der Waals surface area (Å²) in [5.41, 5.74) is 5.66. The lowest BCUT2D eigenvalue weighted by Gasteiger charge is -2.42. The second-order valence-corrected chi connectivity index (χ2v) is 6.64. The number of benzene rings is 1. The van der Waals surface area contributed by atoms with Crippen molar-refractivity contribution in [3.63, 3.8) is 0 Å². The zero-order chi connectivity index (χ0) is 15.6. The van der Waals surface area contributed by atoms with Crippen LogP contribution in [-0.4, -0.2) is 56.1 Å². The number of rotatable bonds is 4. The van der Waals surface area contributed by atoms with Crippen molar-refractivity contribution in [2.45, 2.75) is 39.8 Å². The molecule has 1 heterocycles.